The summed E-state index contributed by atoms with van der Waals surface area (Å²) in [6.45, 7) is 3.00. The van der Waals surface area contributed by atoms with Crippen molar-refractivity contribution in [3.8, 4) is 5.75 Å². The summed E-state index contributed by atoms with van der Waals surface area (Å²) in [6, 6.07) is 13.3. The van der Waals surface area contributed by atoms with Gasteiger partial charge in [-0.15, -0.1) is 0 Å². The zero-order valence-electron chi connectivity index (χ0n) is 16.2. The van der Waals surface area contributed by atoms with Crippen molar-refractivity contribution in [1.29, 1.82) is 0 Å². The van der Waals surface area contributed by atoms with Gasteiger partial charge >= 0.3 is 6.09 Å². The van der Waals surface area contributed by atoms with E-state index >= 15 is 0 Å². The quantitative estimate of drug-likeness (QED) is 0.501. The van der Waals surface area contributed by atoms with Crippen molar-refractivity contribution in [2.24, 2.45) is 4.99 Å². The van der Waals surface area contributed by atoms with Crippen molar-refractivity contribution < 1.29 is 18.7 Å². The van der Waals surface area contributed by atoms with E-state index in [2.05, 4.69) is 25.7 Å². The maximum Gasteiger partial charge on any atom is 0.411 e. The molecule has 150 valence electrons. The molecule has 1 unspecified atom stereocenters. The van der Waals surface area contributed by atoms with E-state index in [1.54, 1.807) is 31.3 Å². The number of anilines is 1. The lowest BCUT2D eigenvalue weighted by molar-refractivity contribution is 0.187. The van der Waals surface area contributed by atoms with Gasteiger partial charge in [0, 0.05) is 19.3 Å². The normalized spacial score (nSPS) is 12.1. The first kappa shape index (κ1) is 21.0. The number of aliphatic imine (C=N–C) groups is 1. The molecule has 0 saturated heterocycles. The predicted molar refractivity (Wildman–Crippen MR) is 107 cm³/mol. The Bertz CT molecular complexity index is 779. The van der Waals surface area contributed by atoms with E-state index in [4.69, 9.17) is 4.74 Å². The summed E-state index contributed by atoms with van der Waals surface area (Å²) in [5.74, 6) is 0.947. The van der Waals surface area contributed by atoms with Crippen LogP contribution in [0, 0.1) is 5.82 Å². The number of nitrogens with zero attached hydrogens (tertiary/aromatic N) is 1. The Morgan fingerprint density at radius 3 is 2.39 bits per heavy atom. The first-order chi connectivity index (χ1) is 13.5. The number of methoxy groups -OCH3 is 1. The Morgan fingerprint density at radius 1 is 1.11 bits per heavy atom. The summed E-state index contributed by atoms with van der Waals surface area (Å²) in [5, 5.41) is 8.99. The summed E-state index contributed by atoms with van der Waals surface area (Å²) in [5.41, 5.74) is 1.68. The summed E-state index contributed by atoms with van der Waals surface area (Å²) in [4.78, 5) is 15.4. The Hall–Kier alpha value is -3.29. The van der Waals surface area contributed by atoms with Crippen LogP contribution in [0.4, 0.5) is 14.9 Å². The molecule has 1 atom stereocenters. The van der Waals surface area contributed by atoms with Gasteiger partial charge in [-0.3, -0.25) is 10.3 Å². The number of rotatable bonds is 7. The first-order valence-electron chi connectivity index (χ1n) is 8.81. The molecular weight excluding hydrogens is 363 g/mol. The smallest absolute Gasteiger partial charge is 0.411 e. The van der Waals surface area contributed by atoms with Crippen molar-refractivity contribution in [3.05, 3.63) is 59.9 Å². The summed E-state index contributed by atoms with van der Waals surface area (Å²) >= 11 is 0. The molecule has 7 nitrogen and oxygen atoms in total. The predicted octanol–water partition coefficient (Wildman–Crippen LogP) is 3.14. The van der Waals surface area contributed by atoms with Gasteiger partial charge in [0.2, 0.25) is 0 Å². The monoisotopic (exact) mass is 388 g/mol. The maximum atomic E-state index is 12.9. The van der Waals surface area contributed by atoms with Crippen molar-refractivity contribution in [1.82, 2.24) is 10.6 Å². The van der Waals surface area contributed by atoms with Gasteiger partial charge in [-0.1, -0.05) is 12.1 Å². The molecule has 0 aromatic heterocycles. The van der Waals surface area contributed by atoms with Crippen LogP contribution in [0.25, 0.3) is 0 Å². The molecule has 0 radical (unpaired) electrons. The highest BCUT2D eigenvalue weighted by atomic mass is 19.1. The second-order valence-corrected chi connectivity index (χ2v) is 6.00. The highest BCUT2D eigenvalue weighted by Crippen LogP contribution is 2.13. The topological polar surface area (TPSA) is 84.0 Å². The molecule has 3 N–H and O–H groups in total. The van der Waals surface area contributed by atoms with E-state index in [0.29, 0.717) is 30.5 Å². The molecule has 0 aliphatic carbocycles. The molecular formula is C20H25FN4O3. The van der Waals surface area contributed by atoms with E-state index in [1.807, 2.05) is 19.1 Å². The van der Waals surface area contributed by atoms with Crippen LogP contribution >= 0.6 is 0 Å². The van der Waals surface area contributed by atoms with Crippen LogP contribution in [0.15, 0.2) is 53.5 Å². The van der Waals surface area contributed by atoms with Gasteiger partial charge in [-0.2, -0.15) is 0 Å². The Morgan fingerprint density at radius 2 is 1.79 bits per heavy atom. The molecule has 0 heterocycles. The lowest BCUT2D eigenvalue weighted by atomic mass is 10.2. The minimum atomic E-state index is -0.507. The lowest BCUT2D eigenvalue weighted by Gasteiger charge is -2.18. The summed E-state index contributed by atoms with van der Waals surface area (Å²) < 4.78 is 23.2. The van der Waals surface area contributed by atoms with Crippen LogP contribution in [0.3, 0.4) is 0 Å². The molecule has 0 bridgehead atoms. The van der Waals surface area contributed by atoms with Gasteiger partial charge in [-0.05, 0) is 48.9 Å². The van der Waals surface area contributed by atoms with Crippen LogP contribution < -0.4 is 20.7 Å². The van der Waals surface area contributed by atoms with Gasteiger partial charge in [0.05, 0.1) is 13.7 Å². The average Bonchev–Trinajstić information content (AvgIpc) is 2.71. The van der Waals surface area contributed by atoms with E-state index < -0.39 is 6.09 Å². The van der Waals surface area contributed by atoms with Gasteiger partial charge in [0.1, 0.15) is 17.7 Å². The average molecular weight is 388 g/mol. The van der Waals surface area contributed by atoms with Gasteiger partial charge in [0.25, 0.3) is 0 Å². The number of nitrogens with one attached hydrogen (secondary N) is 3. The van der Waals surface area contributed by atoms with Crippen molar-refractivity contribution in [2.45, 2.75) is 19.6 Å². The molecule has 0 spiro atoms. The lowest BCUT2D eigenvalue weighted by Crippen LogP contribution is -2.41. The number of amides is 1. The zero-order chi connectivity index (χ0) is 20.4. The standard InChI is InChI=1S/C20H25FN4O3/c1-14(28-18-10-6-16(21)7-11-18)12-23-19(22-2)24-13-15-4-8-17(9-5-15)25-20(26)27-3/h4-11,14H,12-13H2,1-3H3,(H,25,26)(H2,22,23,24). The molecule has 2 aromatic rings. The van der Waals surface area contributed by atoms with Crippen molar-refractivity contribution >= 4 is 17.7 Å². The van der Waals surface area contributed by atoms with Gasteiger partial charge in [0.15, 0.2) is 5.96 Å². The zero-order valence-corrected chi connectivity index (χ0v) is 16.2. The van der Waals surface area contributed by atoms with Crippen LogP contribution in [-0.4, -0.2) is 38.9 Å². The van der Waals surface area contributed by atoms with Crippen LogP contribution in [0.2, 0.25) is 0 Å². The molecule has 2 rings (SSSR count). The molecule has 2 aromatic carbocycles. The third-order valence-electron chi connectivity index (χ3n) is 3.78. The Labute approximate surface area is 164 Å². The SMILES string of the molecule is CN=C(NCc1ccc(NC(=O)OC)cc1)NCC(C)Oc1ccc(F)cc1. The fourth-order valence-electron chi connectivity index (χ4n) is 2.31. The number of carbonyl (C=O) groups is 1. The largest absolute Gasteiger partial charge is 0.489 e. The molecule has 0 fully saturated rings. The fourth-order valence-corrected chi connectivity index (χ4v) is 2.31. The van der Waals surface area contributed by atoms with E-state index in [1.165, 1.54) is 19.2 Å². The summed E-state index contributed by atoms with van der Waals surface area (Å²) in [7, 11) is 3.00. The highest BCUT2D eigenvalue weighted by molar-refractivity contribution is 5.84. The summed E-state index contributed by atoms with van der Waals surface area (Å²) in [6.07, 6.45) is -0.639. The number of guanidine groups is 1. The van der Waals surface area contributed by atoms with Crippen LogP contribution in [0.5, 0.6) is 5.75 Å². The number of hydrogen-bond acceptors (Lipinski definition) is 4. The molecule has 0 aliphatic rings. The van der Waals surface area contributed by atoms with E-state index in [0.717, 1.165) is 5.56 Å². The minimum Gasteiger partial charge on any atom is -0.489 e. The second-order valence-electron chi connectivity index (χ2n) is 6.00. The first-order valence-corrected chi connectivity index (χ1v) is 8.81. The maximum absolute atomic E-state index is 12.9. The van der Waals surface area contributed by atoms with E-state index in [9.17, 15) is 9.18 Å². The number of ether oxygens (including phenoxy) is 2. The van der Waals surface area contributed by atoms with Gasteiger partial charge < -0.3 is 20.1 Å². The fraction of sp³-hybridized carbons (Fsp3) is 0.300. The number of halogens is 1. The third kappa shape index (κ3) is 7.14. The molecule has 0 saturated carbocycles. The van der Waals surface area contributed by atoms with Crippen molar-refractivity contribution in [3.63, 3.8) is 0 Å². The minimum absolute atomic E-state index is 0.132. The molecule has 1 amide bonds. The van der Waals surface area contributed by atoms with Crippen molar-refractivity contribution in [2.75, 3.05) is 26.0 Å². The Kier molecular flexibility index (Phi) is 8.08. The third-order valence-corrected chi connectivity index (χ3v) is 3.78. The van der Waals surface area contributed by atoms with Crippen LogP contribution in [0.1, 0.15) is 12.5 Å². The second kappa shape index (κ2) is 10.8. The Balaban J connectivity index is 1.76. The molecule has 0 aliphatic heterocycles. The number of hydrogen-bond donors (Lipinski definition) is 3. The van der Waals surface area contributed by atoms with E-state index in [-0.39, 0.29) is 11.9 Å². The van der Waals surface area contributed by atoms with Gasteiger partial charge in [-0.25, -0.2) is 9.18 Å². The highest BCUT2D eigenvalue weighted by Gasteiger charge is 2.06. The van der Waals surface area contributed by atoms with Crippen LogP contribution in [-0.2, 0) is 11.3 Å². The number of carbonyl (C=O) groups excluding carboxylic acids is 1. The number of benzene rings is 2. The molecule has 28 heavy (non-hydrogen) atoms. The molecule has 8 heteroatoms.